The number of rotatable bonds is 7. The lowest BCUT2D eigenvalue weighted by atomic mass is 9.42. The third-order valence-corrected chi connectivity index (χ3v) is 10.2. The van der Waals surface area contributed by atoms with Crippen LogP contribution in [0.4, 0.5) is 4.79 Å². The number of amides is 1. The van der Waals surface area contributed by atoms with Gasteiger partial charge in [0.25, 0.3) is 0 Å². The topological polar surface area (TPSA) is 163 Å². The van der Waals surface area contributed by atoms with E-state index in [9.17, 15) is 24.3 Å². The predicted molar refractivity (Wildman–Crippen MR) is 160 cm³/mol. The van der Waals surface area contributed by atoms with Crippen molar-refractivity contribution in [3.8, 4) is 17.1 Å². The first-order valence-electron chi connectivity index (χ1n) is 15.4. The van der Waals surface area contributed by atoms with E-state index in [4.69, 9.17) is 23.4 Å². The second-order valence-corrected chi connectivity index (χ2v) is 13.2. The van der Waals surface area contributed by atoms with Gasteiger partial charge in [0.15, 0.2) is 0 Å². The number of carbonyl (C=O) groups is 3. The molecule has 45 heavy (non-hydrogen) atoms. The number of fused-ring (bicyclic) bond motifs is 4. The fourth-order valence-electron chi connectivity index (χ4n) is 8.24. The molecule has 2 aromatic rings. The Morgan fingerprint density at radius 2 is 1.89 bits per heavy atom. The molecule has 5 rings (SSSR count). The summed E-state index contributed by atoms with van der Waals surface area (Å²) in [6.07, 6.45) is 1.44. The molecule has 8 atom stereocenters. The quantitative estimate of drug-likeness (QED) is 0.332. The van der Waals surface area contributed by atoms with Crippen molar-refractivity contribution in [1.29, 1.82) is 0 Å². The zero-order chi connectivity index (χ0) is 32.7. The van der Waals surface area contributed by atoms with Gasteiger partial charge in [0.05, 0.1) is 6.10 Å². The molecule has 0 radical (unpaired) electrons. The van der Waals surface area contributed by atoms with Crippen molar-refractivity contribution in [3.05, 3.63) is 46.6 Å². The van der Waals surface area contributed by atoms with Gasteiger partial charge in [0, 0.05) is 55.7 Å². The summed E-state index contributed by atoms with van der Waals surface area (Å²) in [5.74, 6) is -1.79. The number of pyridine rings is 1. The van der Waals surface area contributed by atoms with Gasteiger partial charge in [-0.3, -0.25) is 14.6 Å². The van der Waals surface area contributed by atoms with Crippen molar-refractivity contribution < 1.29 is 42.9 Å². The minimum Gasteiger partial charge on any atom is -0.482 e. The fourth-order valence-corrected chi connectivity index (χ4v) is 8.24. The van der Waals surface area contributed by atoms with Crippen molar-refractivity contribution in [2.45, 2.75) is 91.1 Å². The first-order chi connectivity index (χ1) is 21.2. The van der Waals surface area contributed by atoms with Gasteiger partial charge in [-0.25, -0.2) is 9.59 Å². The standard InChI is InChI=1S/C33H42N2O10/c1-7-12-35-30(40)44-25-15-23-31(4,11-10-24(42-19(3)37)32(23,5)17-41-18(2)36)28-27(38)26-22(45-33(25,28)6)14-21(43-29(26)39)20-9-8-13-34-16-20/h8-9,13-14,16,23-25,27-28,38H,7,10-12,15,17H2,1-6H3,(H,35,40)/t23?,24-,25-,27-,28?,31-,32-,33+/m0/s1. The second kappa shape index (κ2) is 12.1. The number of ether oxygens (including phenoxy) is 4. The summed E-state index contributed by atoms with van der Waals surface area (Å²) < 4.78 is 29.8. The van der Waals surface area contributed by atoms with Crippen LogP contribution in [0.1, 0.15) is 78.9 Å². The molecule has 2 fully saturated rings. The van der Waals surface area contributed by atoms with E-state index in [1.165, 1.54) is 13.8 Å². The molecule has 2 aliphatic carbocycles. The van der Waals surface area contributed by atoms with Gasteiger partial charge in [0.2, 0.25) is 0 Å². The molecule has 1 amide bonds. The molecule has 0 bridgehead atoms. The van der Waals surface area contributed by atoms with Crippen molar-refractivity contribution in [2.75, 3.05) is 13.2 Å². The van der Waals surface area contributed by atoms with Gasteiger partial charge in [-0.2, -0.15) is 0 Å². The Morgan fingerprint density at radius 1 is 1.13 bits per heavy atom. The Kier molecular flexibility index (Phi) is 8.74. The lowest BCUT2D eigenvalue weighted by Gasteiger charge is -2.66. The number of esters is 2. The third-order valence-electron chi connectivity index (χ3n) is 10.2. The average molecular weight is 627 g/mol. The van der Waals surface area contributed by atoms with Crippen LogP contribution in [-0.4, -0.2) is 59.1 Å². The summed E-state index contributed by atoms with van der Waals surface area (Å²) in [7, 11) is 0. The monoisotopic (exact) mass is 626 g/mol. The van der Waals surface area contributed by atoms with Gasteiger partial charge in [0.1, 0.15) is 41.5 Å². The Hall–Kier alpha value is -3.93. The lowest BCUT2D eigenvalue weighted by molar-refractivity contribution is -0.266. The lowest BCUT2D eigenvalue weighted by Crippen LogP contribution is -2.71. The zero-order valence-electron chi connectivity index (χ0n) is 26.6. The molecule has 0 aromatic carbocycles. The Bertz CT molecular complexity index is 1510. The molecular weight excluding hydrogens is 584 g/mol. The summed E-state index contributed by atoms with van der Waals surface area (Å²) >= 11 is 0. The van der Waals surface area contributed by atoms with E-state index in [0.717, 1.165) is 0 Å². The molecule has 2 unspecified atom stereocenters. The maximum absolute atomic E-state index is 13.5. The van der Waals surface area contributed by atoms with Crippen LogP contribution >= 0.6 is 0 Å². The van der Waals surface area contributed by atoms with Crippen LogP contribution in [0.15, 0.2) is 39.8 Å². The first-order valence-corrected chi connectivity index (χ1v) is 15.4. The molecule has 12 nitrogen and oxygen atoms in total. The number of carbonyl (C=O) groups excluding carboxylic acids is 3. The van der Waals surface area contributed by atoms with Crippen molar-refractivity contribution in [2.24, 2.45) is 22.7 Å². The van der Waals surface area contributed by atoms with E-state index < -0.39 is 70.2 Å². The van der Waals surface area contributed by atoms with E-state index in [0.29, 0.717) is 31.4 Å². The van der Waals surface area contributed by atoms with Gasteiger partial charge in [-0.15, -0.1) is 0 Å². The van der Waals surface area contributed by atoms with Crippen molar-refractivity contribution in [1.82, 2.24) is 10.3 Å². The van der Waals surface area contributed by atoms with Crippen LogP contribution in [0.3, 0.4) is 0 Å². The molecule has 3 aliphatic rings. The summed E-state index contributed by atoms with van der Waals surface area (Å²) in [5.41, 5.74) is -3.20. The second-order valence-electron chi connectivity index (χ2n) is 13.2. The highest BCUT2D eigenvalue weighted by Crippen LogP contribution is 2.67. The van der Waals surface area contributed by atoms with Crippen molar-refractivity contribution >= 4 is 18.0 Å². The van der Waals surface area contributed by atoms with Crippen LogP contribution in [0.2, 0.25) is 0 Å². The molecular formula is C33H42N2O10. The normalized spacial score (nSPS) is 33.4. The number of alkyl carbamates (subject to hydrolysis) is 1. The van der Waals surface area contributed by atoms with Gasteiger partial charge < -0.3 is 33.8 Å². The minimum atomic E-state index is -1.36. The van der Waals surface area contributed by atoms with Crippen LogP contribution in [0, 0.1) is 22.7 Å². The van der Waals surface area contributed by atoms with E-state index >= 15 is 0 Å². The number of nitrogens with one attached hydrogen (secondary N) is 1. The molecule has 244 valence electrons. The van der Waals surface area contributed by atoms with E-state index in [2.05, 4.69) is 10.3 Å². The van der Waals surface area contributed by atoms with Gasteiger partial charge in [-0.1, -0.05) is 20.8 Å². The molecule has 2 saturated carbocycles. The molecule has 2 aromatic heterocycles. The number of hydrogen-bond donors (Lipinski definition) is 2. The molecule has 1 aliphatic heterocycles. The number of aliphatic hydroxyl groups is 1. The van der Waals surface area contributed by atoms with Crippen LogP contribution in [0.25, 0.3) is 11.3 Å². The van der Waals surface area contributed by atoms with Gasteiger partial charge in [-0.05, 0) is 56.1 Å². The molecule has 12 heteroatoms. The largest absolute Gasteiger partial charge is 0.482 e. The SMILES string of the molecule is CCCNC(=O)O[C@H]1CC2[C@](C)(CC[C@H](OC(C)=O)[C@@]2(C)COC(C)=O)C2[C@@H](O)c3c(cc(-c4cccnc4)oc3=O)O[C@@]21C. The number of aliphatic hydroxyl groups excluding tert-OH is 1. The smallest absolute Gasteiger partial charge is 0.407 e. The highest BCUT2D eigenvalue weighted by Gasteiger charge is 2.71. The molecule has 3 heterocycles. The van der Waals surface area contributed by atoms with Crippen LogP contribution in [0.5, 0.6) is 5.75 Å². The first kappa shape index (κ1) is 32.5. The van der Waals surface area contributed by atoms with Gasteiger partial charge >= 0.3 is 23.7 Å². The van der Waals surface area contributed by atoms with Crippen LogP contribution in [-0.2, 0) is 23.8 Å². The maximum atomic E-state index is 13.5. The average Bonchev–Trinajstić information content (AvgIpc) is 2.97. The van der Waals surface area contributed by atoms with Crippen LogP contribution < -0.4 is 15.7 Å². The summed E-state index contributed by atoms with van der Waals surface area (Å²) in [4.78, 5) is 54.9. The van der Waals surface area contributed by atoms with E-state index in [-0.39, 0.29) is 30.1 Å². The number of aromatic nitrogens is 1. The van der Waals surface area contributed by atoms with Crippen molar-refractivity contribution in [3.63, 3.8) is 0 Å². The molecule has 0 saturated heterocycles. The Morgan fingerprint density at radius 3 is 2.53 bits per heavy atom. The fraction of sp³-hybridized carbons (Fsp3) is 0.606. The summed E-state index contributed by atoms with van der Waals surface area (Å²) in [6, 6.07) is 5.01. The third kappa shape index (κ3) is 5.69. The summed E-state index contributed by atoms with van der Waals surface area (Å²) in [5, 5.41) is 14.9. The number of nitrogens with zero attached hydrogens (tertiary/aromatic N) is 1. The summed E-state index contributed by atoms with van der Waals surface area (Å²) in [6.45, 7) is 10.6. The molecule has 0 spiro atoms. The van der Waals surface area contributed by atoms with E-state index in [1.807, 2.05) is 20.8 Å². The zero-order valence-corrected chi connectivity index (χ0v) is 26.6. The maximum Gasteiger partial charge on any atom is 0.407 e. The predicted octanol–water partition coefficient (Wildman–Crippen LogP) is 4.33. The Balaban J connectivity index is 1.66. The minimum absolute atomic E-state index is 0.0232. The Labute approximate surface area is 261 Å². The number of hydrogen-bond acceptors (Lipinski definition) is 11. The molecule has 2 N–H and O–H groups in total. The highest BCUT2D eigenvalue weighted by molar-refractivity contribution is 5.68. The highest BCUT2D eigenvalue weighted by atomic mass is 16.6. The van der Waals surface area contributed by atoms with E-state index in [1.54, 1.807) is 37.5 Å².